The molecule has 2 unspecified atom stereocenters. The monoisotopic (exact) mass is 222 g/mol. The lowest BCUT2D eigenvalue weighted by molar-refractivity contribution is 0.371. The van der Waals surface area contributed by atoms with Crippen LogP contribution in [0.4, 0.5) is 4.39 Å². The Bertz CT molecular complexity index is 300. The van der Waals surface area contributed by atoms with Crippen LogP contribution in [-0.2, 0) is 0 Å². The van der Waals surface area contributed by atoms with Gasteiger partial charge in [-0.1, -0.05) is 39.8 Å². The maximum Gasteiger partial charge on any atom is 0.123 e. The molecule has 0 radical (unpaired) electrons. The zero-order valence-corrected chi connectivity index (χ0v) is 10.8. The van der Waals surface area contributed by atoms with Crippen molar-refractivity contribution in [1.29, 1.82) is 0 Å². The number of halogens is 1. The molecule has 1 aromatic carbocycles. The van der Waals surface area contributed by atoms with Crippen LogP contribution < -0.4 is 0 Å². The van der Waals surface area contributed by atoms with E-state index in [9.17, 15) is 4.39 Å². The van der Waals surface area contributed by atoms with Crippen molar-refractivity contribution in [3.05, 3.63) is 35.6 Å². The average molecular weight is 222 g/mol. The van der Waals surface area contributed by atoms with Gasteiger partial charge in [-0.05, 0) is 48.3 Å². The van der Waals surface area contributed by atoms with Crippen molar-refractivity contribution >= 4 is 0 Å². The Labute approximate surface area is 98.9 Å². The molecule has 16 heavy (non-hydrogen) atoms. The van der Waals surface area contributed by atoms with E-state index in [4.69, 9.17) is 0 Å². The summed E-state index contributed by atoms with van der Waals surface area (Å²) in [5.74, 6) is 1.90. The van der Waals surface area contributed by atoms with Crippen molar-refractivity contribution in [3.63, 3.8) is 0 Å². The molecule has 90 valence electrons. The SMILES string of the molecule is CC(CCC(C)C(C)C)c1ccc(F)cc1. The highest BCUT2D eigenvalue weighted by Gasteiger charge is 2.11. The molecule has 0 amide bonds. The second kappa shape index (κ2) is 6.03. The molecule has 1 heteroatoms. The maximum atomic E-state index is 12.8. The van der Waals surface area contributed by atoms with Gasteiger partial charge in [0.25, 0.3) is 0 Å². The predicted molar refractivity (Wildman–Crippen MR) is 68.1 cm³/mol. The Hall–Kier alpha value is -0.850. The molecular formula is C15H23F. The van der Waals surface area contributed by atoms with Crippen molar-refractivity contribution in [3.8, 4) is 0 Å². The molecule has 0 fully saturated rings. The Morgan fingerprint density at radius 3 is 2.00 bits per heavy atom. The van der Waals surface area contributed by atoms with Crippen LogP contribution in [0, 0.1) is 17.7 Å². The smallest absolute Gasteiger partial charge is 0.123 e. The van der Waals surface area contributed by atoms with Gasteiger partial charge in [0.1, 0.15) is 5.82 Å². The topological polar surface area (TPSA) is 0 Å². The van der Waals surface area contributed by atoms with E-state index in [0.29, 0.717) is 5.92 Å². The minimum atomic E-state index is -0.147. The third kappa shape index (κ3) is 3.96. The third-order valence-electron chi connectivity index (χ3n) is 3.63. The minimum absolute atomic E-state index is 0.147. The zero-order chi connectivity index (χ0) is 12.1. The molecule has 0 heterocycles. The Balaban J connectivity index is 2.46. The molecule has 2 atom stereocenters. The van der Waals surface area contributed by atoms with Crippen molar-refractivity contribution in [2.75, 3.05) is 0 Å². The lowest BCUT2D eigenvalue weighted by Gasteiger charge is -2.18. The summed E-state index contributed by atoms with van der Waals surface area (Å²) in [4.78, 5) is 0. The summed E-state index contributed by atoms with van der Waals surface area (Å²) in [6, 6.07) is 6.91. The molecule has 1 aromatic rings. The number of benzene rings is 1. The van der Waals surface area contributed by atoms with Crippen LogP contribution in [-0.4, -0.2) is 0 Å². The summed E-state index contributed by atoms with van der Waals surface area (Å²) in [6.45, 7) is 9.07. The van der Waals surface area contributed by atoms with E-state index in [1.165, 1.54) is 18.4 Å². The average Bonchev–Trinajstić information content (AvgIpc) is 2.26. The number of hydrogen-bond donors (Lipinski definition) is 0. The third-order valence-corrected chi connectivity index (χ3v) is 3.63. The van der Waals surface area contributed by atoms with Gasteiger partial charge in [0.15, 0.2) is 0 Å². The van der Waals surface area contributed by atoms with Crippen LogP contribution in [0.3, 0.4) is 0 Å². The van der Waals surface area contributed by atoms with Gasteiger partial charge in [-0.2, -0.15) is 0 Å². The normalized spacial score (nSPS) is 15.1. The first-order valence-electron chi connectivity index (χ1n) is 6.26. The van der Waals surface area contributed by atoms with E-state index in [2.05, 4.69) is 27.7 Å². The highest BCUT2D eigenvalue weighted by Crippen LogP contribution is 2.25. The second-order valence-corrected chi connectivity index (χ2v) is 5.25. The maximum absolute atomic E-state index is 12.8. The van der Waals surface area contributed by atoms with E-state index >= 15 is 0 Å². The van der Waals surface area contributed by atoms with Crippen molar-refractivity contribution in [1.82, 2.24) is 0 Å². The van der Waals surface area contributed by atoms with Crippen LogP contribution in [0.2, 0.25) is 0 Å². The highest BCUT2D eigenvalue weighted by molar-refractivity contribution is 5.19. The summed E-state index contributed by atoms with van der Waals surface area (Å²) >= 11 is 0. The number of rotatable bonds is 5. The summed E-state index contributed by atoms with van der Waals surface area (Å²) in [5.41, 5.74) is 1.25. The van der Waals surface area contributed by atoms with E-state index in [0.717, 1.165) is 11.8 Å². The van der Waals surface area contributed by atoms with Gasteiger partial charge in [0, 0.05) is 0 Å². The molecular weight excluding hydrogens is 199 g/mol. The fourth-order valence-electron chi connectivity index (χ4n) is 1.80. The van der Waals surface area contributed by atoms with Gasteiger partial charge in [0.05, 0.1) is 0 Å². The summed E-state index contributed by atoms with van der Waals surface area (Å²) in [5, 5.41) is 0. The lowest BCUT2D eigenvalue weighted by Crippen LogP contribution is -2.05. The first-order chi connectivity index (χ1) is 7.50. The minimum Gasteiger partial charge on any atom is -0.207 e. The second-order valence-electron chi connectivity index (χ2n) is 5.25. The van der Waals surface area contributed by atoms with E-state index in [1.807, 2.05) is 12.1 Å². The molecule has 0 aromatic heterocycles. The Morgan fingerprint density at radius 2 is 1.50 bits per heavy atom. The lowest BCUT2D eigenvalue weighted by atomic mass is 9.87. The molecule has 0 saturated heterocycles. The van der Waals surface area contributed by atoms with Crippen molar-refractivity contribution in [2.24, 2.45) is 11.8 Å². The Morgan fingerprint density at radius 1 is 0.938 bits per heavy atom. The standard InChI is InChI=1S/C15H23F/c1-11(2)12(3)5-6-13(4)14-7-9-15(16)10-8-14/h7-13H,5-6H2,1-4H3. The summed E-state index contributed by atoms with van der Waals surface area (Å²) in [6.07, 6.45) is 2.43. The molecule has 0 aliphatic heterocycles. The summed E-state index contributed by atoms with van der Waals surface area (Å²) in [7, 11) is 0. The van der Waals surface area contributed by atoms with Crippen LogP contribution in [0.15, 0.2) is 24.3 Å². The predicted octanol–water partition coefficient (Wildman–Crippen LogP) is 5.00. The summed E-state index contributed by atoms with van der Waals surface area (Å²) < 4.78 is 12.8. The molecule has 0 nitrogen and oxygen atoms in total. The quantitative estimate of drug-likeness (QED) is 0.657. The van der Waals surface area contributed by atoms with Crippen molar-refractivity contribution in [2.45, 2.75) is 46.5 Å². The fourth-order valence-corrected chi connectivity index (χ4v) is 1.80. The molecule has 0 aliphatic carbocycles. The van der Waals surface area contributed by atoms with Crippen LogP contribution in [0.1, 0.15) is 52.0 Å². The van der Waals surface area contributed by atoms with Crippen molar-refractivity contribution < 1.29 is 4.39 Å². The highest BCUT2D eigenvalue weighted by atomic mass is 19.1. The largest absolute Gasteiger partial charge is 0.207 e. The van der Waals surface area contributed by atoms with Crippen LogP contribution >= 0.6 is 0 Å². The van der Waals surface area contributed by atoms with E-state index in [-0.39, 0.29) is 5.82 Å². The fraction of sp³-hybridized carbons (Fsp3) is 0.600. The van der Waals surface area contributed by atoms with Gasteiger partial charge >= 0.3 is 0 Å². The van der Waals surface area contributed by atoms with E-state index in [1.54, 1.807) is 12.1 Å². The van der Waals surface area contributed by atoms with E-state index < -0.39 is 0 Å². The van der Waals surface area contributed by atoms with Gasteiger partial charge in [-0.15, -0.1) is 0 Å². The molecule has 0 spiro atoms. The molecule has 0 bridgehead atoms. The van der Waals surface area contributed by atoms with Crippen LogP contribution in [0.5, 0.6) is 0 Å². The Kier molecular flexibility index (Phi) is 4.98. The van der Waals surface area contributed by atoms with Gasteiger partial charge in [-0.3, -0.25) is 0 Å². The molecule has 1 rings (SSSR count). The molecule has 0 N–H and O–H groups in total. The number of hydrogen-bond acceptors (Lipinski definition) is 0. The van der Waals surface area contributed by atoms with Crippen LogP contribution in [0.25, 0.3) is 0 Å². The first-order valence-corrected chi connectivity index (χ1v) is 6.26. The molecule has 0 aliphatic rings. The first kappa shape index (κ1) is 13.2. The molecule has 0 saturated carbocycles. The zero-order valence-electron chi connectivity index (χ0n) is 10.8. The van der Waals surface area contributed by atoms with Gasteiger partial charge in [0.2, 0.25) is 0 Å². The van der Waals surface area contributed by atoms with Gasteiger partial charge < -0.3 is 0 Å². The van der Waals surface area contributed by atoms with Gasteiger partial charge in [-0.25, -0.2) is 4.39 Å².